The molecule has 0 aliphatic heterocycles. The van der Waals surface area contributed by atoms with Crippen molar-refractivity contribution in [3.05, 3.63) is 11.6 Å². The molecule has 1 unspecified atom stereocenters. The van der Waals surface area contributed by atoms with Crippen molar-refractivity contribution in [3.8, 4) is 0 Å². The lowest BCUT2D eigenvalue weighted by atomic mass is 10.4. The number of aliphatic hydroxyl groups is 1. The van der Waals surface area contributed by atoms with Crippen LogP contribution < -0.4 is 5.32 Å². The van der Waals surface area contributed by atoms with Gasteiger partial charge in [0.05, 0.1) is 19.0 Å². The summed E-state index contributed by atoms with van der Waals surface area (Å²) in [6.07, 6.45) is 1.18. The first kappa shape index (κ1) is 14.0. The molecule has 2 heterocycles. The summed E-state index contributed by atoms with van der Waals surface area (Å²) in [5.74, 6) is 0.560. The molecule has 0 saturated heterocycles. The maximum absolute atomic E-state index is 9.34. The Bertz CT molecular complexity index is 557. The highest BCUT2D eigenvalue weighted by Crippen LogP contribution is 2.21. The number of ether oxygens (including phenoxy) is 1. The number of methoxy groups -OCH3 is 1. The van der Waals surface area contributed by atoms with Crippen LogP contribution in [0.4, 0.5) is 5.82 Å². The smallest absolute Gasteiger partial charge is 0.226 e. The SMILES string of the molecule is COCCn1cnc2nc(Cl)nc(NCC(C)O)c21. The first-order valence-corrected chi connectivity index (χ1v) is 6.29. The minimum atomic E-state index is -0.487. The van der Waals surface area contributed by atoms with E-state index in [0.29, 0.717) is 31.2 Å². The lowest BCUT2D eigenvalue weighted by Crippen LogP contribution is -2.17. The van der Waals surface area contributed by atoms with E-state index >= 15 is 0 Å². The van der Waals surface area contributed by atoms with Crippen LogP contribution >= 0.6 is 11.6 Å². The molecular weight excluding hydrogens is 270 g/mol. The fourth-order valence-electron chi connectivity index (χ4n) is 1.68. The number of hydrogen-bond donors (Lipinski definition) is 2. The maximum atomic E-state index is 9.34. The summed E-state index contributed by atoms with van der Waals surface area (Å²) in [6.45, 7) is 3.26. The van der Waals surface area contributed by atoms with Crippen molar-refractivity contribution in [2.75, 3.05) is 25.6 Å². The molecule has 0 bridgehead atoms. The normalized spacial score (nSPS) is 12.8. The highest BCUT2D eigenvalue weighted by Gasteiger charge is 2.13. The molecular formula is C11H16ClN5O2. The number of anilines is 1. The van der Waals surface area contributed by atoms with Gasteiger partial charge in [-0.1, -0.05) is 0 Å². The summed E-state index contributed by atoms with van der Waals surface area (Å²) in [5, 5.41) is 12.5. The maximum Gasteiger partial charge on any atom is 0.226 e. The number of nitrogens with one attached hydrogen (secondary N) is 1. The summed E-state index contributed by atoms with van der Waals surface area (Å²) in [4.78, 5) is 12.4. The Morgan fingerprint density at radius 1 is 1.53 bits per heavy atom. The summed E-state index contributed by atoms with van der Waals surface area (Å²) in [5.41, 5.74) is 1.27. The first-order chi connectivity index (χ1) is 9.11. The van der Waals surface area contributed by atoms with Crippen LogP contribution in [0.3, 0.4) is 0 Å². The molecule has 8 heteroatoms. The van der Waals surface area contributed by atoms with Crippen molar-refractivity contribution in [2.24, 2.45) is 0 Å². The van der Waals surface area contributed by atoms with Crippen molar-refractivity contribution in [1.29, 1.82) is 0 Å². The lowest BCUT2D eigenvalue weighted by Gasteiger charge is -2.11. The minimum Gasteiger partial charge on any atom is -0.392 e. The number of imidazole rings is 1. The van der Waals surface area contributed by atoms with E-state index in [1.165, 1.54) is 0 Å². The molecule has 19 heavy (non-hydrogen) atoms. The summed E-state index contributed by atoms with van der Waals surface area (Å²) >= 11 is 5.85. The predicted octanol–water partition coefficient (Wildman–Crippen LogP) is 0.919. The quantitative estimate of drug-likeness (QED) is 0.768. The lowest BCUT2D eigenvalue weighted by molar-refractivity contribution is 0.188. The van der Waals surface area contributed by atoms with Crippen molar-refractivity contribution in [3.63, 3.8) is 0 Å². The van der Waals surface area contributed by atoms with Gasteiger partial charge in [0.1, 0.15) is 5.52 Å². The molecule has 2 aromatic heterocycles. The molecule has 2 aromatic rings. The van der Waals surface area contributed by atoms with E-state index in [4.69, 9.17) is 16.3 Å². The summed E-state index contributed by atoms with van der Waals surface area (Å²) in [6, 6.07) is 0. The van der Waals surface area contributed by atoms with Crippen LogP contribution in [0.15, 0.2) is 6.33 Å². The molecule has 0 aliphatic carbocycles. The third kappa shape index (κ3) is 3.31. The van der Waals surface area contributed by atoms with Crippen molar-refractivity contribution >= 4 is 28.6 Å². The predicted molar refractivity (Wildman–Crippen MR) is 72.4 cm³/mol. The topological polar surface area (TPSA) is 85.1 Å². The second kappa shape index (κ2) is 6.14. The van der Waals surface area contributed by atoms with Crippen LogP contribution in [0.25, 0.3) is 11.2 Å². The van der Waals surface area contributed by atoms with Crippen molar-refractivity contribution in [2.45, 2.75) is 19.6 Å². The number of fused-ring (bicyclic) bond motifs is 1. The highest BCUT2D eigenvalue weighted by atomic mass is 35.5. The fraction of sp³-hybridized carbons (Fsp3) is 0.545. The van der Waals surface area contributed by atoms with Crippen LogP contribution in [0, 0.1) is 0 Å². The van der Waals surface area contributed by atoms with E-state index < -0.39 is 6.10 Å². The molecule has 0 saturated carbocycles. The Morgan fingerprint density at radius 2 is 2.32 bits per heavy atom. The van der Waals surface area contributed by atoms with Gasteiger partial charge in [-0.15, -0.1) is 0 Å². The highest BCUT2D eigenvalue weighted by molar-refractivity contribution is 6.28. The Balaban J connectivity index is 2.37. The van der Waals surface area contributed by atoms with Gasteiger partial charge in [0, 0.05) is 20.2 Å². The van der Waals surface area contributed by atoms with Gasteiger partial charge in [0.2, 0.25) is 5.28 Å². The van der Waals surface area contributed by atoms with Crippen LogP contribution in [0.5, 0.6) is 0 Å². The molecule has 7 nitrogen and oxygen atoms in total. The number of hydrogen-bond acceptors (Lipinski definition) is 6. The zero-order valence-electron chi connectivity index (χ0n) is 10.8. The van der Waals surface area contributed by atoms with E-state index in [2.05, 4.69) is 20.3 Å². The third-order valence-corrected chi connectivity index (χ3v) is 2.72. The van der Waals surface area contributed by atoms with Gasteiger partial charge in [-0.05, 0) is 18.5 Å². The van der Waals surface area contributed by atoms with Gasteiger partial charge in [0.15, 0.2) is 11.5 Å². The molecule has 104 valence electrons. The third-order valence-electron chi connectivity index (χ3n) is 2.55. The van der Waals surface area contributed by atoms with E-state index in [-0.39, 0.29) is 5.28 Å². The Labute approximate surface area is 115 Å². The summed E-state index contributed by atoms with van der Waals surface area (Å²) < 4.78 is 6.94. The monoisotopic (exact) mass is 285 g/mol. The second-order valence-electron chi connectivity index (χ2n) is 4.17. The van der Waals surface area contributed by atoms with E-state index in [1.54, 1.807) is 20.4 Å². The molecule has 0 amide bonds. The number of halogens is 1. The van der Waals surface area contributed by atoms with E-state index in [0.717, 1.165) is 5.52 Å². The average Bonchev–Trinajstić information content (AvgIpc) is 2.76. The van der Waals surface area contributed by atoms with E-state index in [1.807, 2.05) is 4.57 Å². The zero-order chi connectivity index (χ0) is 13.8. The number of rotatable bonds is 6. The molecule has 1 atom stereocenters. The molecule has 2 rings (SSSR count). The molecule has 0 spiro atoms. The van der Waals surface area contributed by atoms with Crippen LogP contribution in [0.2, 0.25) is 5.28 Å². The fourth-order valence-corrected chi connectivity index (χ4v) is 1.84. The zero-order valence-corrected chi connectivity index (χ0v) is 11.6. The van der Waals surface area contributed by atoms with Crippen LogP contribution in [-0.4, -0.2) is 51.0 Å². The molecule has 0 radical (unpaired) electrons. The van der Waals surface area contributed by atoms with Crippen molar-refractivity contribution < 1.29 is 9.84 Å². The van der Waals surface area contributed by atoms with Gasteiger partial charge in [-0.2, -0.15) is 9.97 Å². The van der Waals surface area contributed by atoms with Crippen LogP contribution in [-0.2, 0) is 11.3 Å². The molecule has 2 N–H and O–H groups in total. The Morgan fingerprint density at radius 3 is 3.00 bits per heavy atom. The van der Waals surface area contributed by atoms with Gasteiger partial charge in [-0.25, -0.2) is 4.98 Å². The average molecular weight is 286 g/mol. The van der Waals surface area contributed by atoms with Gasteiger partial charge in [0.25, 0.3) is 0 Å². The van der Waals surface area contributed by atoms with Gasteiger partial charge < -0.3 is 19.7 Å². The molecule has 0 fully saturated rings. The Hall–Kier alpha value is -1.44. The number of aliphatic hydroxyl groups excluding tert-OH is 1. The Kier molecular flexibility index (Phi) is 4.52. The van der Waals surface area contributed by atoms with Crippen LogP contribution in [0.1, 0.15) is 6.92 Å². The van der Waals surface area contributed by atoms with E-state index in [9.17, 15) is 5.11 Å². The second-order valence-corrected chi connectivity index (χ2v) is 4.51. The number of aromatic nitrogens is 4. The van der Waals surface area contributed by atoms with Gasteiger partial charge >= 0.3 is 0 Å². The van der Waals surface area contributed by atoms with Crippen molar-refractivity contribution in [1.82, 2.24) is 19.5 Å². The number of nitrogens with zero attached hydrogens (tertiary/aromatic N) is 4. The summed E-state index contributed by atoms with van der Waals surface area (Å²) in [7, 11) is 1.64. The molecule has 0 aliphatic rings. The standard InChI is InChI=1S/C11H16ClN5O2/c1-7(18)5-13-9-8-10(16-11(12)15-9)14-6-17(8)3-4-19-2/h6-7,18H,3-5H2,1-2H3,(H,13,15,16). The minimum absolute atomic E-state index is 0.123. The largest absolute Gasteiger partial charge is 0.392 e. The molecule has 0 aromatic carbocycles. The van der Waals surface area contributed by atoms with Gasteiger partial charge in [-0.3, -0.25) is 0 Å². The first-order valence-electron chi connectivity index (χ1n) is 5.91.